The summed E-state index contributed by atoms with van der Waals surface area (Å²) in [6.07, 6.45) is -0.869. The fourth-order valence-electron chi connectivity index (χ4n) is 3.59. The van der Waals surface area contributed by atoms with Gasteiger partial charge in [0.1, 0.15) is 23.7 Å². The van der Waals surface area contributed by atoms with Gasteiger partial charge in [-0.15, -0.1) is 0 Å². The fraction of sp³-hybridized carbons (Fsp3) is 0.562. The highest BCUT2D eigenvalue weighted by molar-refractivity contribution is 5.79. The van der Waals surface area contributed by atoms with Crippen LogP contribution >= 0.6 is 0 Å². The summed E-state index contributed by atoms with van der Waals surface area (Å²) in [6, 6.07) is 2.31. The van der Waals surface area contributed by atoms with E-state index in [1.807, 2.05) is 6.92 Å². The lowest BCUT2D eigenvalue weighted by Crippen LogP contribution is -2.35. The number of aryl methyl sites for hydroxylation is 1. The van der Waals surface area contributed by atoms with E-state index in [2.05, 4.69) is 10.0 Å². The molecule has 0 N–H and O–H groups in total. The molecule has 134 valence electrons. The third-order valence-electron chi connectivity index (χ3n) is 4.70. The van der Waals surface area contributed by atoms with Crippen molar-refractivity contribution in [1.29, 1.82) is 0 Å². The summed E-state index contributed by atoms with van der Waals surface area (Å²) in [7, 11) is 1.47. The van der Waals surface area contributed by atoms with Crippen molar-refractivity contribution in [2.24, 2.45) is 11.0 Å². The largest absolute Gasteiger partial charge is 0.496 e. The maximum atomic E-state index is 14.3. The number of hydrogen-bond acceptors (Lipinski definition) is 6. The molecule has 2 fully saturated rings. The van der Waals surface area contributed by atoms with E-state index >= 15 is 0 Å². The molecule has 8 nitrogen and oxygen atoms in total. The Labute approximate surface area is 144 Å². The van der Waals surface area contributed by atoms with Crippen LogP contribution in [0.2, 0.25) is 0 Å². The maximum absolute atomic E-state index is 14.3. The average molecular weight is 350 g/mol. The third-order valence-corrected chi connectivity index (χ3v) is 4.70. The molecule has 0 bridgehead atoms. The highest BCUT2D eigenvalue weighted by Gasteiger charge is 2.56. The summed E-state index contributed by atoms with van der Waals surface area (Å²) in [6.45, 7) is 3.67. The third kappa shape index (κ3) is 3.02. The molecular formula is C16H19FN4O4. The van der Waals surface area contributed by atoms with E-state index in [1.165, 1.54) is 18.2 Å². The number of hydroxylamine groups is 2. The van der Waals surface area contributed by atoms with Gasteiger partial charge in [0.25, 0.3) is 0 Å². The first-order chi connectivity index (χ1) is 12.0. The number of azide groups is 1. The molecule has 2 aliphatic rings. The fourth-order valence-corrected chi connectivity index (χ4v) is 3.59. The SMILES string of the molecule is COc1c(C)ccc(F)c1CN1O[C@@H](CN=[N+]=[N-])C2C1C(=O)O[C@H]2C. The van der Waals surface area contributed by atoms with Crippen LogP contribution < -0.4 is 4.74 Å². The molecule has 2 aliphatic heterocycles. The van der Waals surface area contributed by atoms with Gasteiger partial charge in [0.05, 0.1) is 32.2 Å². The highest BCUT2D eigenvalue weighted by atomic mass is 19.1. The monoisotopic (exact) mass is 350 g/mol. The minimum absolute atomic E-state index is 0.0203. The van der Waals surface area contributed by atoms with Crippen LogP contribution in [0.15, 0.2) is 17.2 Å². The molecule has 9 heteroatoms. The van der Waals surface area contributed by atoms with Crippen LogP contribution in [-0.4, -0.2) is 42.9 Å². The molecule has 2 unspecified atom stereocenters. The lowest BCUT2D eigenvalue weighted by atomic mass is 9.92. The van der Waals surface area contributed by atoms with Gasteiger partial charge in [-0.2, -0.15) is 5.06 Å². The molecule has 0 saturated carbocycles. The van der Waals surface area contributed by atoms with Crippen LogP contribution in [0.5, 0.6) is 5.75 Å². The number of methoxy groups -OCH3 is 1. The van der Waals surface area contributed by atoms with Crippen molar-refractivity contribution in [1.82, 2.24) is 5.06 Å². The van der Waals surface area contributed by atoms with Crippen molar-refractivity contribution < 1.29 is 23.5 Å². The van der Waals surface area contributed by atoms with Gasteiger partial charge in [-0.25, -0.2) is 4.39 Å². The quantitative estimate of drug-likeness (QED) is 0.352. The highest BCUT2D eigenvalue weighted by Crippen LogP contribution is 2.40. The van der Waals surface area contributed by atoms with Crippen molar-refractivity contribution in [2.75, 3.05) is 13.7 Å². The number of nitrogens with zero attached hydrogens (tertiary/aromatic N) is 4. The van der Waals surface area contributed by atoms with Gasteiger partial charge < -0.3 is 9.47 Å². The summed E-state index contributed by atoms with van der Waals surface area (Å²) < 4.78 is 25.0. The molecule has 0 amide bonds. The number of halogens is 1. The van der Waals surface area contributed by atoms with Gasteiger partial charge in [0, 0.05) is 10.5 Å². The smallest absolute Gasteiger partial charge is 0.326 e. The van der Waals surface area contributed by atoms with E-state index in [0.29, 0.717) is 11.3 Å². The first kappa shape index (κ1) is 17.5. The molecule has 3 rings (SSSR count). The molecule has 0 spiro atoms. The van der Waals surface area contributed by atoms with E-state index in [9.17, 15) is 9.18 Å². The standard InChI is InChI=1S/C16H19FN4O4/c1-8-4-5-11(17)10(15(8)23-3)7-21-14-13(9(2)24-16(14)22)12(25-21)6-19-20-18/h4-5,9,12-14H,6-7H2,1-3H3/t9-,12-,13?,14?/m0/s1. The molecule has 25 heavy (non-hydrogen) atoms. The van der Waals surface area contributed by atoms with Crippen molar-refractivity contribution in [2.45, 2.75) is 38.6 Å². The second-order valence-electron chi connectivity index (χ2n) is 6.17. The van der Waals surface area contributed by atoms with E-state index in [-0.39, 0.29) is 25.1 Å². The molecular weight excluding hydrogens is 331 g/mol. The Balaban J connectivity index is 1.91. The first-order valence-electron chi connectivity index (χ1n) is 7.94. The molecule has 2 heterocycles. The number of fused-ring (bicyclic) bond motifs is 1. The molecule has 1 aromatic rings. The number of rotatable bonds is 5. The Morgan fingerprint density at radius 2 is 2.24 bits per heavy atom. The number of ether oxygens (including phenoxy) is 2. The van der Waals surface area contributed by atoms with Crippen LogP contribution in [0.1, 0.15) is 18.1 Å². The maximum Gasteiger partial charge on any atom is 0.326 e. The van der Waals surface area contributed by atoms with Gasteiger partial charge in [-0.1, -0.05) is 11.2 Å². The molecule has 0 radical (unpaired) electrons. The average Bonchev–Trinajstić information content (AvgIpc) is 3.08. The van der Waals surface area contributed by atoms with Crippen LogP contribution in [0.25, 0.3) is 10.4 Å². The predicted molar refractivity (Wildman–Crippen MR) is 85.0 cm³/mol. The summed E-state index contributed by atoms with van der Waals surface area (Å²) in [5.41, 5.74) is 9.63. The van der Waals surface area contributed by atoms with Gasteiger partial charge in [0.2, 0.25) is 0 Å². The van der Waals surface area contributed by atoms with Gasteiger partial charge in [-0.05, 0) is 31.0 Å². The normalized spacial score (nSPS) is 28.4. The summed E-state index contributed by atoms with van der Waals surface area (Å²) in [5.74, 6) is -0.733. The van der Waals surface area contributed by atoms with E-state index in [4.69, 9.17) is 19.8 Å². The van der Waals surface area contributed by atoms with Gasteiger partial charge in [0.15, 0.2) is 0 Å². The van der Waals surface area contributed by atoms with Crippen molar-refractivity contribution in [3.05, 3.63) is 39.5 Å². The van der Waals surface area contributed by atoms with Gasteiger partial charge >= 0.3 is 5.97 Å². The predicted octanol–water partition coefficient (Wildman–Crippen LogP) is 2.50. The van der Waals surface area contributed by atoms with Crippen molar-refractivity contribution in [3.8, 4) is 5.75 Å². The molecule has 0 aromatic heterocycles. The summed E-state index contributed by atoms with van der Waals surface area (Å²) >= 11 is 0. The Bertz CT molecular complexity index is 737. The van der Waals surface area contributed by atoms with E-state index in [1.54, 1.807) is 13.0 Å². The Hall–Kier alpha value is -2.35. The molecule has 0 aliphatic carbocycles. The molecule has 1 aromatic carbocycles. The summed E-state index contributed by atoms with van der Waals surface area (Å²) in [5, 5.41) is 4.95. The zero-order valence-corrected chi connectivity index (χ0v) is 14.2. The number of esters is 1. The number of carbonyl (C=O) groups is 1. The lowest BCUT2D eigenvalue weighted by Gasteiger charge is -2.22. The number of hydrogen-bond donors (Lipinski definition) is 0. The zero-order chi connectivity index (χ0) is 18.1. The Morgan fingerprint density at radius 1 is 1.48 bits per heavy atom. The van der Waals surface area contributed by atoms with Crippen LogP contribution in [-0.2, 0) is 20.9 Å². The topological polar surface area (TPSA) is 96.8 Å². The lowest BCUT2D eigenvalue weighted by molar-refractivity contribution is -0.188. The minimum atomic E-state index is -0.668. The Morgan fingerprint density at radius 3 is 2.92 bits per heavy atom. The van der Waals surface area contributed by atoms with Gasteiger partial charge in [-0.3, -0.25) is 9.63 Å². The number of carbonyl (C=O) groups excluding carboxylic acids is 1. The second kappa shape index (κ2) is 6.87. The zero-order valence-electron chi connectivity index (χ0n) is 14.2. The second-order valence-corrected chi connectivity index (χ2v) is 6.17. The van der Waals surface area contributed by atoms with Crippen molar-refractivity contribution >= 4 is 5.97 Å². The van der Waals surface area contributed by atoms with Crippen molar-refractivity contribution in [3.63, 3.8) is 0 Å². The number of cyclic esters (lactones) is 1. The molecule has 4 atom stereocenters. The minimum Gasteiger partial charge on any atom is -0.496 e. The van der Waals surface area contributed by atoms with Crippen LogP contribution in [0.3, 0.4) is 0 Å². The molecule has 2 saturated heterocycles. The Kier molecular flexibility index (Phi) is 4.80. The van der Waals surface area contributed by atoms with Crippen LogP contribution in [0.4, 0.5) is 4.39 Å². The number of benzene rings is 1. The first-order valence-corrected chi connectivity index (χ1v) is 7.94. The summed E-state index contributed by atoms with van der Waals surface area (Å²) in [4.78, 5) is 20.8. The van der Waals surface area contributed by atoms with E-state index < -0.39 is 23.9 Å². The van der Waals surface area contributed by atoms with E-state index in [0.717, 1.165) is 5.56 Å². The van der Waals surface area contributed by atoms with Crippen LogP contribution in [0, 0.1) is 18.7 Å².